The highest BCUT2D eigenvalue weighted by atomic mass is 35.5. The lowest BCUT2D eigenvalue weighted by Crippen LogP contribution is -2.20. The van der Waals surface area contributed by atoms with E-state index in [4.69, 9.17) is 28.6 Å². The van der Waals surface area contributed by atoms with Crippen molar-refractivity contribution in [3.05, 3.63) is 45.3 Å². The van der Waals surface area contributed by atoms with Gasteiger partial charge in [-0.3, -0.25) is 0 Å². The molecular weight excluding hydrogens is 388 g/mol. The minimum absolute atomic E-state index is 0.282. The third-order valence-corrected chi connectivity index (χ3v) is 5.99. The summed E-state index contributed by atoms with van der Waals surface area (Å²) in [7, 11) is 0. The SMILES string of the molecule is CCOC(=O)c1c(NC(=S)Nc2ccccc2Cl)sc2c1CCCCC2. The molecule has 0 radical (unpaired) electrons. The molecule has 26 heavy (non-hydrogen) atoms. The zero-order valence-corrected chi connectivity index (χ0v) is 17.0. The van der Waals surface area contributed by atoms with E-state index in [9.17, 15) is 4.79 Å². The first-order valence-electron chi connectivity index (χ1n) is 8.74. The number of halogens is 1. The molecule has 1 aliphatic carbocycles. The maximum atomic E-state index is 12.6. The second-order valence-corrected chi connectivity index (χ2v) is 7.97. The Morgan fingerprint density at radius 1 is 1.23 bits per heavy atom. The molecule has 1 aromatic carbocycles. The first kappa shape index (κ1) is 19.1. The summed E-state index contributed by atoms with van der Waals surface area (Å²) in [6, 6.07) is 7.39. The molecular formula is C19H21ClN2O2S2. The zero-order valence-electron chi connectivity index (χ0n) is 14.6. The van der Waals surface area contributed by atoms with Gasteiger partial charge in [0.2, 0.25) is 0 Å². The van der Waals surface area contributed by atoms with Gasteiger partial charge in [-0.05, 0) is 62.5 Å². The summed E-state index contributed by atoms with van der Waals surface area (Å²) in [6.45, 7) is 2.17. The predicted molar refractivity (Wildman–Crippen MR) is 113 cm³/mol. The van der Waals surface area contributed by atoms with E-state index in [-0.39, 0.29) is 5.97 Å². The highest BCUT2D eigenvalue weighted by Crippen LogP contribution is 2.38. The number of hydrogen-bond acceptors (Lipinski definition) is 4. The number of hydrogen-bond donors (Lipinski definition) is 2. The van der Waals surface area contributed by atoms with Gasteiger partial charge in [0.1, 0.15) is 5.00 Å². The molecule has 2 N–H and O–H groups in total. The smallest absolute Gasteiger partial charge is 0.341 e. The molecule has 0 spiro atoms. The summed E-state index contributed by atoms with van der Waals surface area (Å²) >= 11 is 13.2. The van der Waals surface area contributed by atoms with Gasteiger partial charge in [0, 0.05) is 4.88 Å². The van der Waals surface area contributed by atoms with Crippen LogP contribution in [0.2, 0.25) is 5.02 Å². The van der Waals surface area contributed by atoms with Crippen LogP contribution in [-0.2, 0) is 17.6 Å². The van der Waals surface area contributed by atoms with Crippen molar-refractivity contribution in [2.24, 2.45) is 0 Å². The Kier molecular flexibility index (Phi) is 6.51. The van der Waals surface area contributed by atoms with E-state index < -0.39 is 0 Å². The molecule has 0 aliphatic heterocycles. The van der Waals surface area contributed by atoms with Crippen LogP contribution in [0.5, 0.6) is 0 Å². The van der Waals surface area contributed by atoms with Gasteiger partial charge < -0.3 is 15.4 Å². The number of rotatable bonds is 4. The summed E-state index contributed by atoms with van der Waals surface area (Å²) in [4.78, 5) is 13.8. The molecule has 0 fully saturated rings. The Balaban J connectivity index is 1.85. The van der Waals surface area contributed by atoms with Crippen molar-refractivity contribution >= 4 is 56.9 Å². The van der Waals surface area contributed by atoms with Crippen LogP contribution in [0.3, 0.4) is 0 Å². The molecule has 0 saturated carbocycles. The molecule has 0 saturated heterocycles. The van der Waals surface area contributed by atoms with E-state index in [0.717, 1.165) is 41.9 Å². The number of aryl methyl sites for hydroxylation is 1. The lowest BCUT2D eigenvalue weighted by atomic mass is 10.1. The Morgan fingerprint density at radius 2 is 2.00 bits per heavy atom. The van der Waals surface area contributed by atoms with E-state index >= 15 is 0 Å². The van der Waals surface area contributed by atoms with Gasteiger partial charge in [-0.2, -0.15) is 0 Å². The summed E-state index contributed by atoms with van der Waals surface area (Å²) in [6.07, 6.45) is 5.35. The van der Waals surface area contributed by atoms with Crippen molar-refractivity contribution in [1.82, 2.24) is 0 Å². The van der Waals surface area contributed by atoms with Crippen LogP contribution in [-0.4, -0.2) is 17.7 Å². The second kappa shape index (κ2) is 8.84. The van der Waals surface area contributed by atoms with Crippen LogP contribution in [0.1, 0.15) is 47.0 Å². The van der Waals surface area contributed by atoms with E-state index in [2.05, 4.69) is 10.6 Å². The number of carbonyl (C=O) groups excluding carboxylic acids is 1. The fourth-order valence-electron chi connectivity index (χ4n) is 3.07. The summed E-state index contributed by atoms with van der Waals surface area (Å²) < 4.78 is 5.30. The molecule has 0 unspecified atom stereocenters. The van der Waals surface area contributed by atoms with Crippen molar-refractivity contribution in [1.29, 1.82) is 0 Å². The van der Waals surface area contributed by atoms with Crippen LogP contribution in [0.25, 0.3) is 0 Å². The van der Waals surface area contributed by atoms with Crippen LogP contribution in [0, 0.1) is 0 Å². The van der Waals surface area contributed by atoms with Gasteiger partial charge in [0.25, 0.3) is 0 Å². The van der Waals surface area contributed by atoms with Crippen molar-refractivity contribution in [3.63, 3.8) is 0 Å². The van der Waals surface area contributed by atoms with Gasteiger partial charge in [-0.1, -0.05) is 30.2 Å². The minimum Gasteiger partial charge on any atom is -0.462 e. The minimum atomic E-state index is -0.282. The van der Waals surface area contributed by atoms with Crippen molar-refractivity contribution in [2.45, 2.75) is 39.0 Å². The predicted octanol–water partition coefficient (Wildman–Crippen LogP) is 5.66. The highest BCUT2D eigenvalue weighted by molar-refractivity contribution is 7.80. The Morgan fingerprint density at radius 3 is 2.77 bits per heavy atom. The normalized spacial score (nSPS) is 13.5. The first-order valence-corrected chi connectivity index (χ1v) is 10.3. The van der Waals surface area contributed by atoms with E-state index in [0.29, 0.717) is 22.3 Å². The standard InChI is InChI=1S/C19H21ClN2O2S2/c1-2-24-18(23)16-12-8-4-3-5-11-15(12)26-17(16)22-19(25)21-14-10-7-6-9-13(14)20/h6-7,9-10H,2-5,8,11H2,1H3,(H2,21,22,25). The number of anilines is 2. The van der Waals surface area contributed by atoms with Gasteiger partial charge in [-0.25, -0.2) is 4.79 Å². The van der Waals surface area contributed by atoms with Crippen molar-refractivity contribution < 1.29 is 9.53 Å². The lowest BCUT2D eigenvalue weighted by Gasteiger charge is -2.12. The van der Waals surface area contributed by atoms with Crippen LogP contribution < -0.4 is 10.6 Å². The lowest BCUT2D eigenvalue weighted by molar-refractivity contribution is 0.0527. The molecule has 138 valence electrons. The molecule has 0 atom stereocenters. The fourth-order valence-corrected chi connectivity index (χ4v) is 4.81. The topological polar surface area (TPSA) is 50.4 Å². The largest absolute Gasteiger partial charge is 0.462 e. The molecule has 0 amide bonds. The van der Waals surface area contributed by atoms with E-state index in [1.807, 2.05) is 25.1 Å². The van der Waals surface area contributed by atoms with Gasteiger partial charge in [0.05, 0.1) is 22.9 Å². The number of esters is 1. The molecule has 1 aromatic heterocycles. The molecule has 1 aliphatic rings. The maximum Gasteiger partial charge on any atom is 0.341 e. The number of benzene rings is 1. The third kappa shape index (κ3) is 4.37. The molecule has 7 heteroatoms. The number of carbonyl (C=O) groups is 1. The highest BCUT2D eigenvalue weighted by Gasteiger charge is 2.26. The number of thiophene rings is 1. The number of thiocarbonyl (C=S) groups is 1. The molecule has 2 aromatic rings. The van der Waals surface area contributed by atoms with E-state index in [1.54, 1.807) is 17.4 Å². The van der Waals surface area contributed by atoms with Gasteiger partial charge in [0.15, 0.2) is 5.11 Å². The summed E-state index contributed by atoms with van der Waals surface area (Å²) in [5.74, 6) is -0.282. The number of fused-ring (bicyclic) bond motifs is 1. The quantitative estimate of drug-likeness (QED) is 0.388. The fraction of sp³-hybridized carbons (Fsp3) is 0.368. The maximum absolute atomic E-state index is 12.6. The monoisotopic (exact) mass is 408 g/mol. The van der Waals surface area contributed by atoms with Gasteiger partial charge >= 0.3 is 5.97 Å². The summed E-state index contributed by atoms with van der Waals surface area (Å²) in [5, 5.41) is 8.02. The van der Waals surface area contributed by atoms with Gasteiger partial charge in [-0.15, -0.1) is 11.3 Å². The second-order valence-electron chi connectivity index (χ2n) is 6.05. The molecule has 4 nitrogen and oxygen atoms in total. The Labute approximate surface area is 167 Å². The van der Waals surface area contributed by atoms with Crippen LogP contribution in [0.4, 0.5) is 10.7 Å². The van der Waals surface area contributed by atoms with Crippen molar-refractivity contribution in [3.8, 4) is 0 Å². The van der Waals surface area contributed by atoms with Crippen LogP contribution in [0.15, 0.2) is 24.3 Å². The summed E-state index contributed by atoms with van der Waals surface area (Å²) in [5.41, 5.74) is 2.48. The number of ether oxygens (including phenoxy) is 1. The Bertz CT molecular complexity index is 820. The van der Waals surface area contributed by atoms with Crippen LogP contribution >= 0.6 is 35.2 Å². The third-order valence-electron chi connectivity index (χ3n) is 4.25. The van der Waals surface area contributed by atoms with E-state index in [1.165, 1.54) is 11.3 Å². The van der Waals surface area contributed by atoms with Crippen molar-refractivity contribution in [2.75, 3.05) is 17.2 Å². The molecule has 0 bridgehead atoms. The molecule has 1 heterocycles. The number of para-hydroxylation sites is 1. The average Bonchev–Trinajstić information content (AvgIpc) is 2.78. The Hall–Kier alpha value is -1.63. The zero-order chi connectivity index (χ0) is 18.5. The average molecular weight is 409 g/mol. The molecule has 3 rings (SSSR count). The first-order chi connectivity index (χ1) is 12.6. The number of nitrogens with one attached hydrogen (secondary N) is 2.